The molecular formula is C23H24N6O2S. The van der Waals surface area contributed by atoms with Gasteiger partial charge in [0, 0.05) is 42.1 Å². The number of anilines is 2. The van der Waals surface area contributed by atoms with E-state index < -0.39 is 0 Å². The summed E-state index contributed by atoms with van der Waals surface area (Å²) in [6.07, 6.45) is 4.81. The number of thiophene rings is 1. The molecule has 0 amide bonds. The molecule has 9 heteroatoms. The van der Waals surface area contributed by atoms with E-state index in [4.69, 9.17) is 19.4 Å². The highest BCUT2D eigenvalue weighted by Crippen LogP contribution is 2.35. The van der Waals surface area contributed by atoms with Gasteiger partial charge in [-0.25, -0.2) is 15.0 Å². The summed E-state index contributed by atoms with van der Waals surface area (Å²) in [6.45, 7) is 8.26. The van der Waals surface area contributed by atoms with Crippen LogP contribution in [-0.4, -0.2) is 51.1 Å². The monoisotopic (exact) mass is 448 g/mol. The second kappa shape index (κ2) is 9.15. The van der Waals surface area contributed by atoms with Crippen molar-refractivity contribution >= 4 is 33.1 Å². The molecule has 4 heterocycles. The lowest BCUT2D eigenvalue weighted by Crippen LogP contribution is -2.36. The lowest BCUT2D eigenvalue weighted by atomic mass is 10.2. The molecule has 1 aromatic carbocycles. The Labute approximate surface area is 190 Å². The molecule has 1 fully saturated rings. The molecule has 1 N–H and O–H groups in total. The van der Waals surface area contributed by atoms with E-state index in [1.54, 1.807) is 29.9 Å². The Bertz CT molecular complexity index is 1220. The molecule has 0 atom stereocenters. The quantitative estimate of drug-likeness (QED) is 0.463. The lowest BCUT2D eigenvalue weighted by molar-refractivity contribution is 0.0331. The molecule has 1 saturated heterocycles. The molecule has 1 aliphatic rings. The molecule has 0 radical (unpaired) electrons. The minimum Gasteiger partial charge on any atom is -0.437 e. The van der Waals surface area contributed by atoms with Crippen LogP contribution in [0.4, 0.5) is 11.5 Å². The fourth-order valence-corrected chi connectivity index (χ4v) is 4.70. The number of morpholine rings is 1. The van der Waals surface area contributed by atoms with Gasteiger partial charge in [0.25, 0.3) is 0 Å². The molecule has 8 nitrogen and oxygen atoms in total. The van der Waals surface area contributed by atoms with E-state index >= 15 is 0 Å². The molecule has 0 spiro atoms. The molecule has 0 saturated carbocycles. The van der Waals surface area contributed by atoms with Crippen LogP contribution in [0.25, 0.3) is 10.2 Å². The van der Waals surface area contributed by atoms with Crippen molar-refractivity contribution < 1.29 is 9.47 Å². The average Bonchev–Trinajstić information content (AvgIpc) is 3.09. The molecule has 5 rings (SSSR count). The van der Waals surface area contributed by atoms with Crippen molar-refractivity contribution in [3.8, 4) is 11.6 Å². The van der Waals surface area contributed by atoms with Crippen molar-refractivity contribution in [1.82, 2.24) is 24.8 Å². The van der Waals surface area contributed by atoms with Crippen LogP contribution in [0, 0.1) is 13.8 Å². The molecule has 0 bridgehead atoms. The molecule has 1 aliphatic heterocycles. The number of hydrogen-bond donors (Lipinski definition) is 1. The highest BCUT2D eigenvalue weighted by Gasteiger charge is 2.18. The second-order valence-corrected chi connectivity index (χ2v) is 8.84. The Balaban J connectivity index is 1.45. The Morgan fingerprint density at radius 3 is 2.84 bits per heavy atom. The van der Waals surface area contributed by atoms with Gasteiger partial charge in [0.15, 0.2) is 0 Å². The zero-order chi connectivity index (χ0) is 21.9. The van der Waals surface area contributed by atoms with Crippen LogP contribution in [0.5, 0.6) is 11.6 Å². The molecule has 32 heavy (non-hydrogen) atoms. The first-order valence-corrected chi connectivity index (χ1v) is 11.3. The SMILES string of the molecule is Cc1sc2nc(CN3CCOCC3)nc(Nc3cccc(Oc4cnccn4)c3)c2c1C. The normalized spacial score (nSPS) is 14.6. The van der Waals surface area contributed by atoms with Gasteiger partial charge < -0.3 is 14.8 Å². The van der Waals surface area contributed by atoms with Gasteiger partial charge in [-0.3, -0.25) is 9.88 Å². The summed E-state index contributed by atoms with van der Waals surface area (Å²) in [4.78, 5) is 22.6. The number of fused-ring (bicyclic) bond motifs is 1. The first kappa shape index (κ1) is 20.7. The van der Waals surface area contributed by atoms with Crippen LogP contribution >= 0.6 is 11.3 Å². The summed E-state index contributed by atoms with van der Waals surface area (Å²) in [5.41, 5.74) is 2.09. The predicted octanol–water partition coefficient (Wildman–Crippen LogP) is 4.47. The van der Waals surface area contributed by atoms with Crippen LogP contribution in [0.3, 0.4) is 0 Å². The summed E-state index contributed by atoms with van der Waals surface area (Å²) in [6, 6.07) is 7.75. The van der Waals surface area contributed by atoms with E-state index in [-0.39, 0.29) is 0 Å². The van der Waals surface area contributed by atoms with Gasteiger partial charge in [0.2, 0.25) is 5.88 Å². The number of rotatable bonds is 6. The maximum atomic E-state index is 5.83. The minimum absolute atomic E-state index is 0.450. The van der Waals surface area contributed by atoms with E-state index in [9.17, 15) is 0 Å². The Hall–Kier alpha value is -3.14. The van der Waals surface area contributed by atoms with Crippen LogP contribution in [0.15, 0.2) is 42.9 Å². The van der Waals surface area contributed by atoms with Crippen LogP contribution in [0.2, 0.25) is 0 Å². The summed E-state index contributed by atoms with van der Waals surface area (Å²) in [7, 11) is 0. The number of hydrogen-bond acceptors (Lipinski definition) is 9. The van der Waals surface area contributed by atoms with Crippen molar-refractivity contribution in [2.75, 3.05) is 31.6 Å². The van der Waals surface area contributed by atoms with E-state index in [2.05, 4.69) is 34.0 Å². The van der Waals surface area contributed by atoms with Gasteiger partial charge in [-0.05, 0) is 31.5 Å². The number of nitrogens with zero attached hydrogens (tertiary/aromatic N) is 5. The first-order valence-electron chi connectivity index (χ1n) is 10.5. The Kier molecular flexibility index (Phi) is 5.93. The summed E-state index contributed by atoms with van der Waals surface area (Å²) in [5.74, 6) is 2.76. The average molecular weight is 449 g/mol. The van der Waals surface area contributed by atoms with Gasteiger partial charge >= 0.3 is 0 Å². The van der Waals surface area contributed by atoms with Gasteiger partial charge in [0.1, 0.15) is 22.2 Å². The molecule has 3 aromatic heterocycles. The van der Waals surface area contributed by atoms with Crippen LogP contribution in [0.1, 0.15) is 16.3 Å². The fourth-order valence-electron chi connectivity index (χ4n) is 3.65. The standard InChI is InChI=1S/C23H24N6O2S/c1-15-16(2)32-23-21(15)22(27-19(28-23)14-29-8-10-30-11-9-29)26-17-4-3-5-18(12-17)31-20-13-24-6-7-25-20/h3-7,12-13H,8-11,14H2,1-2H3,(H,26,27,28). The third-order valence-electron chi connectivity index (χ3n) is 5.40. The molecule has 4 aromatic rings. The number of nitrogens with one attached hydrogen (secondary N) is 1. The molecular weight excluding hydrogens is 424 g/mol. The van der Waals surface area contributed by atoms with Crippen LogP contribution < -0.4 is 10.1 Å². The third-order valence-corrected chi connectivity index (χ3v) is 6.50. The highest BCUT2D eigenvalue weighted by atomic mass is 32.1. The van der Waals surface area contributed by atoms with Crippen LogP contribution in [-0.2, 0) is 11.3 Å². The van der Waals surface area contributed by atoms with Gasteiger partial charge in [0.05, 0.1) is 31.3 Å². The van der Waals surface area contributed by atoms with Crippen molar-refractivity contribution in [2.45, 2.75) is 20.4 Å². The lowest BCUT2D eigenvalue weighted by Gasteiger charge is -2.25. The third kappa shape index (κ3) is 4.55. The van der Waals surface area contributed by atoms with Gasteiger partial charge in [-0.1, -0.05) is 6.07 Å². The topological polar surface area (TPSA) is 85.3 Å². The Morgan fingerprint density at radius 2 is 2.03 bits per heavy atom. The molecule has 0 unspecified atom stereocenters. The zero-order valence-corrected chi connectivity index (χ0v) is 18.9. The van der Waals surface area contributed by atoms with Gasteiger partial charge in [-0.15, -0.1) is 11.3 Å². The largest absolute Gasteiger partial charge is 0.437 e. The summed E-state index contributed by atoms with van der Waals surface area (Å²) < 4.78 is 11.3. The van der Waals surface area contributed by atoms with E-state index in [1.807, 2.05) is 24.3 Å². The number of benzene rings is 1. The Morgan fingerprint density at radius 1 is 1.16 bits per heavy atom. The van der Waals surface area contributed by atoms with E-state index in [1.165, 1.54) is 10.4 Å². The molecule has 164 valence electrons. The molecule has 0 aliphatic carbocycles. The van der Waals surface area contributed by atoms with E-state index in [0.29, 0.717) is 18.2 Å². The van der Waals surface area contributed by atoms with Crippen molar-refractivity contribution in [3.63, 3.8) is 0 Å². The van der Waals surface area contributed by atoms with Crippen molar-refractivity contribution in [1.29, 1.82) is 0 Å². The van der Waals surface area contributed by atoms with Crippen molar-refractivity contribution in [2.24, 2.45) is 0 Å². The maximum Gasteiger partial charge on any atom is 0.237 e. The van der Waals surface area contributed by atoms with Gasteiger partial charge in [-0.2, -0.15) is 0 Å². The predicted molar refractivity (Wildman–Crippen MR) is 125 cm³/mol. The zero-order valence-electron chi connectivity index (χ0n) is 18.0. The number of aryl methyl sites for hydroxylation is 2. The number of ether oxygens (including phenoxy) is 2. The van der Waals surface area contributed by atoms with Crippen molar-refractivity contribution in [3.05, 3.63) is 59.1 Å². The second-order valence-electron chi connectivity index (χ2n) is 7.64. The minimum atomic E-state index is 0.450. The summed E-state index contributed by atoms with van der Waals surface area (Å²) >= 11 is 1.71. The number of aromatic nitrogens is 4. The smallest absolute Gasteiger partial charge is 0.237 e. The summed E-state index contributed by atoms with van der Waals surface area (Å²) in [5, 5.41) is 4.57. The van der Waals surface area contributed by atoms with E-state index in [0.717, 1.165) is 53.8 Å². The highest BCUT2D eigenvalue weighted by molar-refractivity contribution is 7.18. The maximum absolute atomic E-state index is 5.83. The fraction of sp³-hybridized carbons (Fsp3) is 0.304. The first-order chi connectivity index (χ1) is 15.7.